The molecule has 0 aliphatic carbocycles. The number of hydrogen-bond acceptors (Lipinski definition) is 4. The number of carbonyl (C=O) groups is 2. The zero-order valence-electron chi connectivity index (χ0n) is 17.0. The minimum Gasteiger partial charge on any atom is -0.322 e. The average molecular weight is 415 g/mol. The molecule has 0 unspecified atom stereocenters. The van der Waals surface area contributed by atoms with Gasteiger partial charge in [-0.15, -0.1) is 0 Å². The highest BCUT2D eigenvalue weighted by Gasteiger charge is 2.24. The number of nitrogens with one attached hydrogen (secondary N) is 1. The molecule has 4 rings (SSSR count). The van der Waals surface area contributed by atoms with Gasteiger partial charge in [0.1, 0.15) is 0 Å². The smallest absolute Gasteiger partial charge is 0.273 e. The van der Waals surface area contributed by atoms with Crippen LogP contribution in [-0.2, 0) is 6.42 Å². The van der Waals surface area contributed by atoms with Crippen LogP contribution < -0.4 is 10.2 Å². The molecule has 7 nitrogen and oxygen atoms in total. The Bertz CT molecular complexity index is 1170. The summed E-state index contributed by atoms with van der Waals surface area (Å²) in [6, 6.07) is 19.0. The first-order valence-corrected chi connectivity index (χ1v) is 10.0. The van der Waals surface area contributed by atoms with Gasteiger partial charge >= 0.3 is 0 Å². The first-order chi connectivity index (χ1) is 14.9. The van der Waals surface area contributed by atoms with E-state index in [2.05, 4.69) is 5.32 Å². The van der Waals surface area contributed by atoms with Crippen LogP contribution in [0.3, 0.4) is 0 Å². The van der Waals surface area contributed by atoms with E-state index in [4.69, 9.17) is 0 Å². The van der Waals surface area contributed by atoms with E-state index in [0.717, 1.165) is 24.1 Å². The van der Waals surface area contributed by atoms with Crippen LogP contribution in [0.1, 0.15) is 38.3 Å². The number of anilines is 2. The third-order valence-electron chi connectivity index (χ3n) is 5.39. The molecule has 0 bridgehead atoms. The summed E-state index contributed by atoms with van der Waals surface area (Å²) in [7, 11) is 0. The van der Waals surface area contributed by atoms with Gasteiger partial charge in [0.05, 0.1) is 4.92 Å². The first kappa shape index (κ1) is 20.3. The van der Waals surface area contributed by atoms with Crippen molar-refractivity contribution in [1.29, 1.82) is 0 Å². The van der Waals surface area contributed by atoms with Crippen LogP contribution in [0.2, 0.25) is 0 Å². The van der Waals surface area contributed by atoms with Crippen LogP contribution in [-0.4, -0.2) is 23.3 Å². The number of fused-ring (bicyclic) bond motifs is 1. The Hall–Kier alpha value is -4.00. The molecule has 7 heteroatoms. The molecule has 31 heavy (non-hydrogen) atoms. The van der Waals surface area contributed by atoms with Crippen molar-refractivity contribution in [3.63, 3.8) is 0 Å². The van der Waals surface area contributed by atoms with E-state index in [0.29, 0.717) is 23.4 Å². The molecule has 0 spiro atoms. The molecule has 0 aromatic heterocycles. The lowest BCUT2D eigenvalue weighted by atomic mass is 9.99. The van der Waals surface area contributed by atoms with Gasteiger partial charge in [0.25, 0.3) is 17.5 Å². The van der Waals surface area contributed by atoms with Crippen molar-refractivity contribution in [2.75, 3.05) is 16.8 Å². The molecule has 0 radical (unpaired) electrons. The topological polar surface area (TPSA) is 92.6 Å². The van der Waals surface area contributed by atoms with Crippen molar-refractivity contribution in [3.8, 4) is 0 Å². The highest BCUT2D eigenvalue weighted by atomic mass is 16.6. The molecule has 1 aliphatic rings. The SMILES string of the molecule is Cc1ccc(C(=O)Nc2ccc3c(c2)CCCN3C(=O)c2ccccc2)cc1[N+](=O)[O-]. The summed E-state index contributed by atoms with van der Waals surface area (Å²) in [6.45, 7) is 2.27. The van der Waals surface area contributed by atoms with E-state index in [1.807, 2.05) is 30.3 Å². The molecule has 156 valence electrons. The number of nitrogens with zero attached hydrogens (tertiary/aromatic N) is 2. The Labute approximate surface area is 179 Å². The van der Waals surface area contributed by atoms with Crippen molar-refractivity contribution in [1.82, 2.24) is 0 Å². The van der Waals surface area contributed by atoms with Gasteiger partial charge in [0.2, 0.25) is 0 Å². The standard InChI is InChI=1S/C24H21N3O4/c1-16-9-10-19(15-22(16)27(30)31)23(28)25-20-11-12-21-18(14-20)8-5-13-26(21)24(29)17-6-3-2-4-7-17/h2-4,6-7,9-12,14-15H,5,8,13H2,1H3,(H,25,28). The third-order valence-corrected chi connectivity index (χ3v) is 5.39. The predicted octanol–water partition coefficient (Wildman–Crippen LogP) is 4.75. The first-order valence-electron chi connectivity index (χ1n) is 10.0. The van der Waals surface area contributed by atoms with Crippen LogP contribution in [0.5, 0.6) is 0 Å². The number of nitro groups is 1. The number of carbonyl (C=O) groups excluding carboxylic acids is 2. The maximum atomic E-state index is 12.9. The molecule has 1 aliphatic heterocycles. The van der Waals surface area contributed by atoms with E-state index in [9.17, 15) is 19.7 Å². The van der Waals surface area contributed by atoms with Crippen LogP contribution >= 0.6 is 0 Å². The van der Waals surface area contributed by atoms with E-state index >= 15 is 0 Å². The second-order valence-corrected chi connectivity index (χ2v) is 7.48. The summed E-state index contributed by atoms with van der Waals surface area (Å²) >= 11 is 0. The fourth-order valence-electron chi connectivity index (χ4n) is 3.77. The maximum absolute atomic E-state index is 12.9. The Morgan fingerprint density at radius 1 is 1.00 bits per heavy atom. The summed E-state index contributed by atoms with van der Waals surface area (Å²) in [5.74, 6) is -0.471. The number of amides is 2. The molecule has 0 fully saturated rings. The summed E-state index contributed by atoms with van der Waals surface area (Å²) in [4.78, 5) is 38.0. The van der Waals surface area contributed by atoms with Crippen molar-refractivity contribution in [3.05, 3.63) is 99.1 Å². The summed E-state index contributed by atoms with van der Waals surface area (Å²) in [5, 5.41) is 14.0. The second kappa shape index (κ2) is 8.39. The highest BCUT2D eigenvalue weighted by molar-refractivity contribution is 6.07. The maximum Gasteiger partial charge on any atom is 0.273 e. The summed E-state index contributed by atoms with van der Waals surface area (Å²) < 4.78 is 0. The zero-order chi connectivity index (χ0) is 22.0. The van der Waals surface area contributed by atoms with Gasteiger partial charge in [0.15, 0.2) is 0 Å². The third kappa shape index (κ3) is 4.16. The second-order valence-electron chi connectivity index (χ2n) is 7.48. The quantitative estimate of drug-likeness (QED) is 0.492. The highest BCUT2D eigenvalue weighted by Crippen LogP contribution is 2.31. The molecule has 0 saturated heterocycles. The number of benzene rings is 3. The van der Waals surface area contributed by atoms with Crippen LogP contribution in [0.15, 0.2) is 66.7 Å². The predicted molar refractivity (Wildman–Crippen MR) is 119 cm³/mol. The van der Waals surface area contributed by atoms with Gasteiger partial charge < -0.3 is 10.2 Å². The summed E-state index contributed by atoms with van der Waals surface area (Å²) in [5.41, 5.74) is 3.66. The Morgan fingerprint density at radius 2 is 1.77 bits per heavy atom. The lowest BCUT2D eigenvalue weighted by Gasteiger charge is -2.30. The number of rotatable bonds is 4. The molecular formula is C24H21N3O4. The van der Waals surface area contributed by atoms with Crippen molar-refractivity contribution < 1.29 is 14.5 Å². The molecule has 3 aromatic carbocycles. The van der Waals surface area contributed by atoms with E-state index in [1.165, 1.54) is 6.07 Å². The normalized spacial score (nSPS) is 12.7. The van der Waals surface area contributed by atoms with E-state index in [-0.39, 0.29) is 17.2 Å². The molecule has 3 aromatic rings. The van der Waals surface area contributed by atoms with Crippen LogP contribution in [0, 0.1) is 17.0 Å². The van der Waals surface area contributed by atoms with E-state index in [1.54, 1.807) is 42.2 Å². The van der Waals surface area contributed by atoms with Crippen molar-refractivity contribution in [2.45, 2.75) is 19.8 Å². The molecule has 2 amide bonds. The molecular weight excluding hydrogens is 394 g/mol. The lowest BCUT2D eigenvalue weighted by Crippen LogP contribution is -2.35. The van der Waals surface area contributed by atoms with Gasteiger partial charge in [0, 0.05) is 40.7 Å². The summed E-state index contributed by atoms with van der Waals surface area (Å²) in [6.07, 6.45) is 1.63. The molecule has 0 atom stereocenters. The van der Waals surface area contributed by atoms with Crippen molar-refractivity contribution >= 4 is 28.9 Å². The van der Waals surface area contributed by atoms with Crippen LogP contribution in [0.4, 0.5) is 17.1 Å². The van der Waals surface area contributed by atoms with Crippen molar-refractivity contribution in [2.24, 2.45) is 0 Å². The molecule has 1 heterocycles. The average Bonchev–Trinajstić information content (AvgIpc) is 2.78. The molecule has 1 N–H and O–H groups in total. The van der Waals surface area contributed by atoms with Gasteiger partial charge in [-0.05, 0) is 61.7 Å². The zero-order valence-corrected chi connectivity index (χ0v) is 17.0. The van der Waals surface area contributed by atoms with Gasteiger partial charge in [-0.3, -0.25) is 19.7 Å². The monoisotopic (exact) mass is 415 g/mol. The number of nitro benzene ring substituents is 1. The Morgan fingerprint density at radius 3 is 2.52 bits per heavy atom. The largest absolute Gasteiger partial charge is 0.322 e. The minimum absolute atomic E-state index is 0.0506. The number of hydrogen-bond donors (Lipinski definition) is 1. The van der Waals surface area contributed by atoms with Gasteiger partial charge in [-0.2, -0.15) is 0 Å². The molecule has 0 saturated carbocycles. The van der Waals surface area contributed by atoms with Gasteiger partial charge in [-0.25, -0.2) is 0 Å². The van der Waals surface area contributed by atoms with Gasteiger partial charge in [-0.1, -0.05) is 24.3 Å². The number of aryl methyl sites for hydroxylation is 2. The lowest BCUT2D eigenvalue weighted by molar-refractivity contribution is -0.385. The van der Waals surface area contributed by atoms with E-state index < -0.39 is 10.8 Å². The minimum atomic E-state index is -0.497. The Balaban J connectivity index is 1.56. The van der Waals surface area contributed by atoms with Crippen LogP contribution in [0.25, 0.3) is 0 Å². The fraction of sp³-hybridized carbons (Fsp3) is 0.167. The fourth-order valence-corrected chi connectivity index (χ4v) is 3.77. The Kier molecular flexibility index (Phi) is 5.49.